The van der Waals surface area contributed by atoms with Gasteiger partial charge in [0, 0.05) is 12.6 Å². The van der Waals surface area contributed by atoms with Crippen LogP contribution in [0.3, 0.4) is 0 Å². The third-order valence-corrected chi connectivity index (χ3v) is 3.54. The number of likely N-dealkylation sites (tertiary alicyclic amines) is 1. The molecule has 2 rings (SSSR count). The predicted molar refractivity (Wildman–Crippen MR) is 64.8 cm³/mol. The van der Waals surface area contributed by atoms with E-state index in [-0.39, 0.29) is 0 Å². The van der Waals surface area contributed by atoms with E-state index in [1.807, 2.05) is 0 Å². The Morgan fingerprint density at radius 3 is 2.40 bits per heavy atom. The van der Waals surface area contributed by atoms with Crippen molar-refractivity contribution < 1.29 is 0 Å². The maximum Gasteiger partial charge on any atom is 0.0320 e. The van der Waals surface area contributed by atoms with Gasteiger partial charge in [0.2, 0.25) is 0 Å². The molecule has 82 valence electrons. The number of rotatable bonds is 2. The van der Waals surface area contributed by atoms with E-state index in [0.29, 0.717) is 11.5 Å². The summed E-state index contributed by atoms with van der Waals surface area (Å²) in [7, 11) is 0. The van der Waals surface area contributed by atoms with E-state index in [4.69, 9.17) is 0 Å². The molecule has 1 atom stereocenters. The Kier molecular flexibility index (Phi) is 2.83. The van der Waals surface area contributed by atoms with E-state index in [9.17, 15) is 0 Å². The summed E-state index contributed by atoms with van der Waals surface area (Å²) in [5.41, 5.74) is 1.94. The van der Waals surface area contributed by atoms with Crippen LogP contribution >= 0.6 is 0 Å². The highest BCUT2D eigenvalue weighted by Gasteiger charge is 2.31. The van der Waals surface area contributed by atoms with Gasteiger partial charge in [0.15, 0.2) is 0 Å². The van der Waals surface area contributed by atoms with Crippen LogP contribution in [0, 0.1) is 5.41 Å². The summed E-state index contributed by atoms with van der Waals surface area (Å²) in [6.45, 7) is 9.51. The molecule has 1 heterocycles. The van der Waals surface area contributed by atoms with Gasteiger partial charge in [-0.15, -0.1) is 0 Å². The molecule has 15 heavy (non-hydrogen) atoms. The zero-order chi connectivity index (χ0) is 10.9. The van der Waals surface area contributed by atoms with Crippen molar-refractivity contribution in [1.29, 1.82) is 0 Å². The van der Waals surface area contributed by atoms with Gasteiger partial charge in [0.25, 0.3) is 0 Å². The SMILES string of the molecule is CC(c1ccccc1)N1CCC(C)(C)C1. The molecule has 0 radical (unpaired) electrons. The fraction of sp³-hybridized carbons (Fsp3) is 0.571. The molecule has 0 amide bonds. The summed E-state index contributed by atoms with van der Waals surface area (Å²) in [6.07, 6.45) is 1.32. The van der Waals surface area contributed by atoms with Gasteiger partial charge in [-0.2, -0.15) is 0 Å². The fourth-order valence-corrected chi connectivity index (χ4v) is 2.43. The summed E-state index contributed by atoms with van der Waals surface area (Å²) in [5, 5.41) is 0. The molecule has 1 aliphatic heterocycles. The zero-order valence-corrected chi connectivity index (χ0v) is 10.0. The maximum atomic E-state index is 2.59. The lowest BCUT2D eigenvalue weighted by Gasteiger charge is -2.26. The molecule has 1 aromatic carbocycles. The van der Waals surface area contributed by atoms with Crippen molar-refractivity contribution in [3.05, 3.63) is 35.9 Å². The molecular weight excluding hydrogens is 182 g/mol. The molecule has 1 fully saturated rings. The van der Waals surface area contributed by atoms with Gasteiger partial charge in [0.05, 0.1) is 0 Å². The first kappa shape index (κ1) is 10.7. The Morgan fingerprint density at radius 1 is 1.20 bits per heavy atom. The third kappa shape index (κ3) is 2.40. The van der Waals surface area contributed by atoms with Crippen LogP contribution < -0.4 is 0 Å². The average molecular weight is 203 g/mol. The Hall–Kier alpha value is -0.820. The van der Waals surface area contributed by atoms with Crippen LogP contribution in [-0.4, -0.2) is 18.0 Å². The van der Waals surface area contributed by atoms with Crippen LogP contribution in [0.1, 0.15) is 38.8 Å². The van der Waals surface area contributed by atoms with Gasteiger partial charge < -0.3 is 0 Å². The molecule has 1 saturated heterocycles. The molecule has 1 nitrogen and oxygen atoms in total. The molecular formula is C14H21N. The van der Waals surface area contributed by atoms with E-state index in [1.54, 1.807) is 0 Å². The third-order valence-electron chi connectivity index (χ3n) is 3.54. The Balaban J connectivity index is 2.07. The van der Waals surface area contributed by atoms with Gasteiger partial charge in [-0.3, -0.25) is 4.90 Å². The normalized spacial score (nSPS) is 22.9. The highest BCUT2D eigenvalue weighted by Crippen LogP contribution is 2.34. The van der Waals surface area contributed by atoms with Gasteiger partial charge in [-0.05, 0) is 30.9 Å². The lowest BCUT2D eigenvalue weighted by Crippen LogP contribution is -2.26. The molecule has 0 spiro atoms. The van der Waals surface area contributed by atoms with Crippen molar-refractivity contribution in [3.63, 3.8) is 0 Å². The second-order valence-electron chi connectivity index (χ2n) is 5.47. The van der Waals surface area contributed by atoms with Crippen molar-refractivity contribution in [3.8, 4) is 0 Å². The first-order valence-electron chi connectivity index (χ1n) is 5.87. The molecule has 1 heteroatoms. The largest absolute Gasteiger partial charge is 0.296 e. The lowest BCUT2D eigenvalue weighted by atomic mass is 9.93. The first-order chi connectivity index (χ1) is 7.08. The standard InChI is InChI=1S/C14H21N/c1-12(13-7-5-4-6-8-13)15-10-9-14(2,3)11-15/h4-8,12H,9-11H2,1-3H3. The first-order valence-corrected chi connectivity index (χ1v) is 5.87. The van der Waals surface area contributed by atoms with Gasteiger partial charge in [-0.25, -0.2) is 0 Å². The summed E-state index contributed by atoms with van der Waals surface area (Å²) < 4.78 is 0. The zero-order valence-electron chi connectivity index (χ0n) is 10.0. The molecule has 0 aliphatic carbocycles. The molecule has 1 aliphatic rings. The quantitative estimate of drug-likeness (QED) is 0.711. The van der Waals surface area contributed by atoms with Crippen LogP contribution in [-0.2, 0) is 0 Å². The van der Waals surface area contributed by atoms with Gasteiger partial charge in [-0.1, -0.05) is 44.2 Å². The van der Waals surface area contributed by atoms with E-state index in [0.717, 1.165) is 0 Å². The fourth-order valence-electron chi connectivity index (χ4n) is 2.43. The minimum atomic E-state index is 0.503. The molecule has 0 saturated carbocycles. The second-order valence-corrected chi connectivity index (χ2v) is 5.47. The summed E-state index contributed by atoms with van der Waals surface area (Å²) in [5.74, 6) is 0. The van der Waals surface area contributed by atoms with Crippen molar-refractivity contribution in [2.24, 2.45) is 5.41 Å². The highest BCUT2D eigenvalue weighted by molar-refractivity contribution is 5.18. The molecule has 1 aromatic rings. The predicted octanol–water partition coefficient (Wildman–Crippen LogP) is 3.48. The lowest BCUT2D eigenvalue weighted by molar-refractivity contribution is 0.232. The average Bonchev–Trinajstić information content (AvgIpc) is 2.59. The Labute approximate surface area is 93.1 Å². The number of hydrogen-bond donors (Lipinski definition) is 0. The van der Waals surface area contributed by atoms with E-state index in [1.165, 1.54) is 25.1 Å². The Morgan fingerprint density at radius 2 is 1.87 bits per heavy atom. The van der Waals surface area contributed by atoms with Crippen LogP contribution in [0.15, 0.2) is 30.3 Å². The minimum absolute atomic E-state index is 0.503. The molecule has 0 bridgehead atoms. The second kappa shape index (κ2) is 3.97. The number of nitrogens with zero attached hydrogens (tertiary/aromatic N) is 1. The number of benzene rings is 1. The van der Waals surface area contributed by atoms with Crippen molar-refractivity contribution in [1.82, 2.24) is 4.90 Å². The molecule has 0 aromatic heterocycles. The van der Waals surface area contributed by atoms with Crippen molar-refractivity contribution in [2.45, 2.75) is 33.2 Å². The van der Waals surface area contributed by atoms with Crippen molar-refractivity contribution >= 4 is 0 Å². The molecule has 0 N–H and O–H groups in total. The number of hydrogen-bond acceptors (Lipinski definition) is 1. The topological polar surface area (TPSA) is 3.24 Å². The van der Waals surface area contributed by atoms with Crippen LogP contribution in [0.2, 0.25) is 0 Å². The maximum absolute atomic E-state index is 2.59. The van der Waals surface area contributed by atoms with Gasteiger partial charge in [0.1, 0.15) is 0 Å². The summed E-state index contributed by atoms with van der Waals surface area (Å²) in [6, 6.07) is 11.4. The van der Waals surface area contributed by atoms with E-state index >= 15 is 0 Å². The monoisotopic (exact) mass is 203 g/mol. The Bertz CT molecular complexity index is 315. The minimum Gasteiger partial charge on any atom is -0.296 e. The van der Waals surface area contributed by atoms with Gasteiger partial charge >= 0.3 is 0 Å². The van der Waals surface area contributed by atoms with E-state index in [2.05, 4.69) is 56.0 Å². The smallest absolute Gasteiger partial charge is 0.0320 e. The van der Waals surface area contributed by atoms with E-state index < -0.39 is 0 Å². The van der Waals surface area contributed by atoms with Crippen LogP contribution in [0.5, 0.6) is 0 Å². The van der Waals surface area contributed by atoms with Crippen LogP contribution in [0.4, 0.5) is 0 Å². The highest BCUT2D eigenvalue weighted by atomic mass is 15.2. The van der Waals surface area contributed by atoms with Crippen molar-refractivity contribution in [2.75, 3.05) is 13.1 Å². The summed E-state index contributed by atoms with van der Waals surface area (Å²) in [4.78, 5) is 2.59. The summed E-state index contributed by atoms with van der Waals surface area (Å²) >= 11 is 0. The molecule has 1 unspecified atom stereocenters. The van der Waals surface area contributed by atoms with Crippen LogP contribution in [0.25, 0.3) is 0 Å².